The van der Waals surface area contributed by atoms with E-state index in [4.69, 9.17) is 15.2 Å². The number of ether oxygens (including phenoxy) is 2. The van der Waals surface area contributed by atoms with Crippen LogP contribution < -0.4 is 10.5 Å². The van der Waals surface area contributed by atoms with E-state index in [9.17, 15) is 9.59 Å². The summed E-state index contributed by atoms with van der Waals surface area (Å²) in [5.41, 5.74) is 6.38. The summed E-state index contributed by atoms with van der Waals surface area (Å²) >= 11 is 0. The molecule has 0 saturated carbocycles. The first-order chi connectivity index (χ1) is 9.36. The fraction of sp³-hybridized carbons (Fsp3) is 0.429. The molecule has 1 aromatic carbocycles. The normalized spacial score (nSPS) is 11.6. The minimum atomic E-state index is -0.722. The molecule has 6 nitrogen and oxygen atoms in total. The predicted molar refractivity (Wildman–Crippen MR) is 75.6 cm³/mol. The molecule has 0 fully saturated rings. The van der Waals surface area contributed by atoms with Crippen molar-refractivity contribution in [2.75, 3.05) is 26.4 Å². The summed E-state index contributed by atoms with van der Waals surface area (Å²) in [4.78, 5) is 25.0. The molecule has 1 aromatic rings. The Kier molecular flexibility index (Phi) is 5.37. The van der Waals surface area contributed by atoms with E-state index < -0.39 is 12.1 Å². The highest BCUT2D eigenvalue weighted by Gasteiger charge is 2.21. The maximum Gasteiger partial charge on any atom is 0.341 e. The Morgan fingerprint density at radius 2 is 2.00 bits per heavy atom. The molecule has 0 radical (unpaired) electrons. The third-order valence-electron chi connectivity index (χ3n) is 2.59. The monoisotopic (exact) mass is 280 g/mol. The van der Waals surface area contributed by atoms with Crippen LogP contribution in [-0.2, 0) is 9.53 Å². The fourth-order valence-electron chi connectivity index (χ4n) is 1.62. The molecule has 1 rings (SSSR count). The third kappa shape index (κ3) is 3.88. The minimum absolute atomic E-state index is 0.206. The first kappa shape index (κ1) is 15.8. The van der Waals surface area contributed by atoms with Gasteiger partial charge in [-0.1, -0.05) is 0 Å². The number of likely N-dealkylation sites (N-methyl/N-ethyl adjacent to an activating group) is 1. The lowest BCUT2D eigenvalue weighted by Gasteiger charge is -2.19. The van der Waals surface area contributed by atoms with Gasteiger partial charge in [-0.3, -0.25) is 4.79 Å². The van der Waals surface area contributed by atoms with Crippen molar-refractivity contribution in [2.24, 2.45) is 0 Å². The van der Waals surface area contributed by atoms with Gasteiger partial charge in [0.25, 0.3) is 5.91 Å². The molecular formula is C14H20N2O4. The molecule has 6 heteroatoms. The number of esters is 1. The van der Waals surface area contributed by atoms with Gasteiger partial charge in [0, 0.05) is 25.8 Å². The van der Waals surface area contributed by atoms with E-state index in [1.165, 1.54) is 17.0 Å². The smallest absolute Gasteiger partial charge is 0.341 e. The molecule has 0 bridgehead atoms. The Morgan fingerprint density at radius 1 is 1.35 bits per heavy atom. The minimum Gasteiger partial charge on any atom is -0.480 e. The molecule has 110 valence electrons. The molecule has 1 atom stereocenters. The van der Waals surface area contributed by atoms with Crippen LogP contribution in [-0.4, -0.2) is 43.6 Å². The lowest BCUT2D eigenvalue weighted by Crippen LogP contribution is -2.35. The number of carbonyl (C=O) groups is 2. The van der Waals surface area contributed by atoms with Gasteiger partial charge in [0.15, 0.2) is 6.10 Å². The highest BCUT2D eigenvalue weighted by molar-refractivity contribution is 5.93. The van der Waals surface area contributed by atoms with Crippen molar-refractivity contribution in [3.8, 4) is 5.75 Å². The van der Waals surface area contributed by atoms with E-state index in [0.29, 0.717) is 5.69 Å². The maximum absolute atomic E-state index is 11.8. The second-order valence-electron chi connectivity index (χ2n) is 4.47. The highest BCUT2D eigenvalue weighted by atomic mass is 16.5. The van der Waals surface area contributed by atoms with Crippen LogP contribution in [0.5, 0.6) is 5.75 Å². The number of anilines is 1. The second-order valence-corrected chi connectivity index (χ2v) is 4.47. The Hall–Kier alpha value is -2.24. The summed E-state index contributed by atoms with van der Waals surface area (Å²) in [5, 5.41) is 0. The zero-order chi connectivity index (χ0) is 15.3. The van der Waals surface area contributed by atoms with Crippen molar-refractivity contribution in [2.45, 2.75) is 20.0 Å². The SMILES string of the molecule is CCOC(=O)c1ccc(N)cc1OC(C)C(=O)N(C)C. The Labute approximate surface area is 118 Å². The van der Waals surface area contributed by atoms with Crippen LogP contribution in [0.15, 0.2) is 18.2 Å². The Bertz CT molecular complexity index is 500. The quantitative estimate of drug-likeness (QED) is 0.649. The molecule has 0 aliphatic heterocycles. The number of nitrogens with zero attached hydrogens (tertiary/aromatic N) is 1. The van der Waals surface area contributed by atoms with Crippen molar-refractivity contribution in [1.29, 1.82) is 0 Å². The van der Waals surface area contributed by atoms with Crippen molar-refractivity contribution < 1.29 is 19.1 Å². The van der Waals surface area contributed by atoms with E-state index in [1.807, 2.05) is 0 Å². The third-order valence-corrected chi connectivity index (χ3v) is 2.59. The van der Waals surface area contributed by atoms with Crippen LogP contribution in [0, 0.1) is 0 Å². The summed E-state index contributed by atoms with van der Waals surface area (Å²) in [6, 6.07) is 4.61. The number of benzene rings is 1. The lowest BCUT2D eigenvalue weighted by atomic mass is 10.2. The first-order valence-electron chi connectivity index (χ1n) is 6.31. The average Bonchev–Trinajstić information content (AvgIpc) is 2.37. The number of nitrogens with two attached hydrogens (primary N) is 1. The fourth-order valence-corrected chi connectivity index (χ4v) is 1.62. The Morgan fingerprint density at radius 3 is 2.55 bits per heavy atom. The van der Waals surface area contributed by atoms with E-state index in [0.717, 1.165) is 0 Å². The van der Waals surface area contributed by atoms with Gasteiger partial charge in [0.05, 0.1) is 6.61 Å². The summed E-state index contributed by atoms with van der Waals surface area (Å²) < 4.78 is 10.5. The number of nitrogen functional groups attached to an aromatic ring is 1. The van der Waals surface area contributed by atoms with Crippen LogP contribution in [0.4, 0.5) is 5.69 Å². The molecule has 1 unspecified atom stereocenters. The summed E-state index contributed by atoms with van der Waals surface area (Å²) in [6.07, 6.45) is -0.722. The van der Waals surface area contributed by atoms with Crippen LogP contribution in [0.2, 0.25) is 0 Å². The lowest BCUT2D eigenvalue weighted by molar-refractivity contribution is -0.135. The molecule has 0 aromatic heterocycles. The van der Waals surface area contributed by atoms with Crippen molar-refractivity contribution in [1.82, 2.24) is 4.90 Å². The molecule has 2 N–H and O–H groups in total. The van der Waals surface area contributed by atoms with Crippen LogP contribution in [0.1, 0.15) is 24.2 Å². The molecule has 0 aliphatic rings. The largest absolute Gasteiger partial charge is 0.480 e. The van der Waals surface area contributed by atoms with E-state index in [1.54, 1.807) is 34.0 Å². The second kappa shape index (κ2) is 6.79. The van der Waals surface area contributed by atoms with Crippen LogP contribution in [0.25, 0.3) is 0 Å². The first-order valence-corrected chi connectivity index (χ1v) is 6.31. The molecule has 0 heterocycles. The maximum atomic E-state index is 11.8. The number of carbonyl (C=O) groups excluding carboxylic acids is 2. The van der Waals surface area contributed by atoms with Crippen LogP contribution in [0.3, 0.4) is 0 Å². The van der Waals surface area contributed by atoms with Gasteiger partial charge >= 0.3 is 5.97 Å². The van der Waals surface area contributed by atoms with Gasteiger partial charge < -0.3 is 20.1 Å². The number of amides is 1. The predicted octanol–water partition coefficient (Wildman–Crippen LogP) is 1.30. The molecule has 0 aliphatic carbocycles. The highest BCUT2D eigenvalue weighted by Crippen LogP contribution is 2.24. The van der Waals surface area contributed by atoms with Gasteiger partial charge in [0.2, 0.25) is 0 Å². The van der Waals surface area contributed by atoms with Crippen LogP contribution >= 0.6 is 0 Å². The molecule has 0 spiro atoms. The van der Waals surface area contributed by atoms with Gasteiger partial charge in [-0.15, -0.1) is 0 Å². The van der Waals surface area contributed by atoms with Crippen molar-refractivity contribution in [3.05, 3.63) is 23.8 Å². The zero-order valence-corrected chi connectivity index (χ0v) is 12.2. The summed E-state index contributed by atoms with van der Waals surface area (Å²) in [6.45, 7) is 3.59. The standard InChI is InChI=1S/C14H20N2O4/c1-5-19-14(18)11-7-6-10(15)8-12(11)20-9(2)13(17)16(3)4/h6-9H,5,15H2,1-4H3. The average molecular weight is 280 g/mol. The molecule has 0 saturated heterocycles. The van der Waals surface area contributed by atoms with E-state index in [2.05, 4.69) is 0 Å². The summed E-state index contributed by atoms with van der Waals surface area (Å²) in [5.74, 6) is -0.472. The Balaban J connectivity index is 3.01. The zero-order valence-electron chi connectivity index (χ0n) is 12.2. The van der Waals surface area contributed by atoms with Gasteiger partial charge in [-0.2, -0.15) is 0 Å². The molecule has 1 amide bonds. The number of hydrogen-bond acceptors (Lipinski definition) is 5. The van der Waals surface area contributed by atoms with Gasteiger partial charge in [-0.05, 0) is 26.0 Å². The number of rotatable bonds is 5. The summed E-state index contributed by atoms with van der Waals surface area (Å²) in [7, 11) is 3.27. The number of hydrogen-bond donors (Lipinski definition) is 1. The molecule has 20 heavy (non-hydrogen) atoms. The van der Waals surface area contributed by atoms with Gasteiger partial charge in [-0.25, -0.2) is 4.79 Å². The van der Waals surface area contributed by atoms with Crippen molar-refractivity contribution in [3.63, 3.8) is 0 Å². The van der Waals surface area contributed by atoms with E-state index in [-0.39, 0.29) is 23.8 Å². The van der Waals surface area contributed by atoms with Gasteiger partial charge in [0.1, 0.15) is 11.3 Å². The van der Waals surface area contributed by atoms with E-state index >= 15 is 0 Å². The molecular weight excluding hydrogens is 260 g/mol. The topological polar surface area (TPSA) is 81.9 Å². The van der Waals surface area contributed by atoms with Crippen molar-refractivity contribution >= 4 is 17.6 Å².